The van der Waals surface area contributed by atoms with E-state index in [-0.39, 0.29) is 0 Å². The van der Waals surface area contributed by atoms with Crippen LogP contribution in [0.1, 0.15) is 33.4 Å². The van der Waals surface area contributed by atoms with Gasteiger partial charge in [-0.1, -0.05) is 122 Å². The van der Waals surface area contributed by atoms with E-state index in [0.717, 1.165) is 11.1 Å². The molecule has 0 heteroatoms. The predicted octanol–water partition coefficient (Wildman–Crippen LogP) is 7.31. The fourth-order valence-electron chi connectivity index (χ4n) is 2.87. The summed E-state index contributed by atoms with van der Waals surface area (Å²) in [6, 6.07) is 24.9. The van der Waals surface area contributed by atoms with Crippen LogP contribution in [0.2, 0.25) is 0 Å². The van der Waals surface area contributed by atoms with E-state index in [0.29, 0.717) is 0 Å². The maximum Gasteiger partial charge on any atom is -0.0184 e. The number of rotatable bonds is 6. The molecular formula is C26H22. The van der Waals surface area contributed by atoms with E-state index >= 15 is 0 Å². The molecule has 0 radical (unpaired) electrons. The molecule has 126 valence electrons. The van der Waals surface area contributed by atoms with Gasteiger partial charge < -0.3 is 0 Å². The Hall–Kier alpha value is -3.38. The molecule has 3 aromatic rings. The molecule has 3 rings (SSSR count). The van der Waals surface area contributed by atoms with Crippen LogP contribution < -0.4 is 0 Å². The predicted molar refractivity (Wildman–Crippen MR) is 117 cm³/mol. The second-order valence-corrected chi connectivity index (χ2v) is 5.96. The SMILES string of the molecule is C=Cc1ccccc1/C=C/c1ccccc1/C=C/c1ccccc1C=C. The van der Waals surface area contributed by atoms with Gasteiger partial charge in [-0.3, -0.25) is 0 Å². The second-order valence-electron chi connectivity index (χ2n) is 5.96. The van der Waals surface area contributed by atoms with Crippen molar-refractivity contribution >= 4 is 36.5 Å². The van der Waals surface area contributed by atoms with Crippen LogP contribution in [0.15, 0.2) is 86.0 Å². The standard InChI is InChI=1S/C26H22/c1-3-21-11-5-7-13-23(21)17-19-25-15-9-10-16-26(25)20-18-24-14-8-6-12-22(24)4-2/h3-20H,1-2H2/b19-17+,20-18+. The Morgan fingerprint density at radius 3 is 0.885 bits per heavy atom. The molecule has 0 unspecified atom stereocenters. The smallest absolute Gasteiger partial charge is 0.0184 e. The van der Waals surface area contributed by atoms with Crippen molar-refractivity contribution in [2.45, 2.75) is 0 Å². The van der Waals surface area contributed by atoms with Crippen molar-refractivity contribution in [1.29, 1.82) is 0 Å². The molecule has 26 heavy (non-hydrogen) atoms. The van der Waals surface area contributed by atoms with Gasteiger partial charge in [0, 0.05) is 0 Å². The third kappa shape index (κ3) is 4.17. The highest BCUT2D eigenvalue weighted by molar-refractivity contribution is 5.82. The van der Waals surface area contributed by atoms with Crippen LogP contribution in [0.25, 0.3) is 36.5 Å². The summed E-state index contributed by atoms with van der Waals surface area (Å²) in [6.07, 6.45) is 12.4. The lowest BCUT2D eigenvalue weighted by Crippen LogP contribution is -1.83. The summed E-state index contributed by atoms with van der Waals surface area (Å²) in [5.41, 5.74) is 6.96. The Labute approximate surface area is 156 Å². The van der Waals surface area contributed by atoms with Crippen LogP contribution in [0.3, 0.4) is 0 Å². The van der Waals surface area contributed by atoms with Gasteiger partial charge in [0.2, 0.25) is 0 Å². The lowest BCUT2D eigenvalue weighted by atomic mass is 10.0. The zero-order valence-corrected chi connectivity index (χ0v) is 14.8. The molecule has 0 saturated carbocycles. The molecule has 0 N–H and O–H groups in total. The van der Waals surface area contributed by atoms with Gasteiger partial charge in [0.05, 0.1) is 0 Å². The van der Waals surface area contributed by atoms with E-state index in [9.17, 15) is 0 Å². The number of hydrogen-bond donors (Lipinski definition) is 0. The Morgan fingerprint density at radius 2 is 0.615 bits per heavy atom. The van der Waals surface area contributed by atoms with Crippen LogP contribution >= 0.6 is 0 Å². The van der Waals surface area contributed by atoms with Crippen molar-refractivity contribution in [3.63, 3.8) is 0 Å². The second kappa shape index (κ2) is 8.64. The van der Waals surface area contributed by atoms with Gasteiger partial charge in [0.25, 0.3) is 0 Å². The summed E-state index contributed by atoms with van der Waals surface area (Å²) in [6.45, 7) is 7.78. The zero-order valence-electron chi connectivity index (χ0n) is 14.8. The number of hydrogen-bond acceptors (Lipinski definition) is 0. The van der Waals surface area contributed by atoms with E-state index < -0.39 is 0 Å². The van der Waals surface area contributed by atoms with Crippen molar-refractivity contribution in [2.75, 3.05) is 0 Å². The van der Waals surface area contributed by atoms with Crippen molar-refractivity contribution in [3.8, 4) is 0 Å². The fourth-order valence-corrected chi connectivity index (χ4v) is 2.87. The first-order valence-electron chi connectivity index (χ1n) is 8.70. The highest BCUT2D eigenvalue weighted by atomic mass is 14.0. The normalized spacial score (nSPS) is 11.1. The summed E-state index contributed by atoms with van der Waals surface area (Å²) in [5, 5.41) is 0. The summed E-state index contributed by atoms with van der Waals surface area (Å²) >= 11 is 0. The van der Waals surface area contributed by atoms with Gasteiger partial charge in [0.1, 0.15) is 0 Å². The van der Waals surface area contributed by atoms with Gasteiger partial charge in [-0.05, 0) is 33.4 Å². The molecule has 0 saturated heterocycles. The molecule has 0 aliphatic heterocycles. The minimum Gasteiger partial charge on any atom is -0.0984 e. The zero-order chi connectivity index (χ0) is 18.2. The fraction of sp³-hybridized carbons (Fsp3) is 0. The molecule has 0 amide bonds. The molecule has 0 aromatic heterocycles. The number of benzene rings is 3. The first-order chi connectivity index (χ1) is 12.8. The van der Waals surface area contributed by atoms with Crippen LogP contribution in [0.5, 0.6) is 0 Å². The first-order valence-corrected chi connectivity index (χ1v) is 8.70. The Bertz CT molecular complexity index is 890. The van der Waals surface area contributed by atoms with Gasteiger partial charge in [-0.2, -0.15) is 0 Å². The summed E-state index contributed by atoms with van der Waals surface area (Å²) in [7, 11) is 0. The molecule has 0 bridgehead atoms. The minimum atomic E-state index is 1.14. The van der Waals surface area contributed by atoms with Crippen molar-refractivity contribution < 1.29 is 0 Å². The monoisotopic (exact) mass is 334 g/mol. The molecule has 3 aromatic carbocycles. The average Bonchev–Trinajstić information content (AvgIpc) is 2.71. The highest BCUT2D eigenvalue weighted by Gasteiger charge is 1.98. The minimum absolute atomic E-state index is 1.14. The third-order valence-electron chi connectivity index (χ3n) is 4.31. The molecule has 0 atom stereocenters. The first kappa shape index (κ1) is 17.4. The summed E-state index contributed by atoms with van der Waals surface area (Å²) < 4.78 is 0. The summed E-state index contributed by atoms with van der Waals surface area (Å²) in [5.74, 6) is 0. The quantitative estimate of drug-likeness (QED) is 0.414. The Balaban J connectivity index is 1.91. The van der Waals surface area contributed by atoms with E-state index in [1.54, 1.807) is 0 Å². The molecule has 0 aliphatic carbocycles. The van der Waals surface area contributed by atoms with E-state index in [1.165, 1.54) is 22.3 Å². The topological polar surface area (TPSA) is 0 Å². The van der Waals surface area contributed by atoms with E-state index in [1.807, 2.05) is 36.4 Å². The van der Waals surface area contributed by atoms with Gasteiger partial charge in [0.15, 0.2) is 0 Å². The Kier molecular flexibility index (Phi) is 5.80. The highest BCUT2D eigenvalue weighted by Crippen LogP contribution is 2.20. The largest absolute Gasteiger partial charge is 0.0984 e. The molecule has 0 heterocycles. The maximum atomic E-state index is 3.89. The van der Waals surface area contributed by atoms with Crippen LogP contribution in [0.4, 0.5) is 0 Å². The Morgan fingerprint density at radius 1 is 0.385 bits per heavy atom. The van der Waals surface area contributed by atoms with Gasteiger partial charge >= 0.3 is 0 Å². The lowest BCUT2D eigenvalue weighted by Gasteiger charge is -2.04. The van der Waals surface area contributed by atoms with Crippen molar-refractivity contribution in [3.05, 3.63) is 119 Å². The van der Waals surface area contributed by atoms with E-state index in [2.05, 4.69) is 86.0 Å². The van der Waals surface area contributed by atoms with Gasteiger partial charge in [-0.15, -0.1) is 0 Å². The third-order valence-corrected chi connectivity index (χ3v) is 4.31. The van der Waals surface area contributed by atoms with Crippen molar-refractivity contribution in [1.82, 2.24) is 0 Å². The maximum absolute atomic E-state index is 3.89. The van der Waals surface area contributed by atoms with Crippen LogP contribution in [-0.4, -0.2) is 0 Å². The average molecular weight is 334 g/mol. The van der Waals surface area contributed by atoms with Crippen molar-refractivity contribution in [2.24, 2.45) is 0 Å². The lowest BCUT2D eigenvalue weighted by molar-refractivity contribution is 1.59. The van der Waals surface area contributed by atoms with Crippen LogP contribution in [-0.2, 0) is 0 Å². The summed E-state index contributed by atoms with van der Waals surface area (Å²) in [4.78, 5) is 0. The molecule has 0 aliphatic rings. The van der Waals surface area contributed by atoms with Crippen LogP contribution in [0, 0.1) is 0 Å². The molecular weight excluding hydrogens is 312 g/mol. The van der Waals surface area contributed by atoms with E-state index in [4.69, 9.17) is 0 Å². The molecule has 0 fully saturated rings. The van der Waals surface area contributed by atoms with Gasteiger partial charge in [-0.25, -0.2) is 0 Å². The molecule has 0 spiro atoms. The molecule has 0 nitrogen and oxygen atoms in total.